The highest BCUT2D eigenvalue weighted by atomic mass is 16.5. The number of esters is 1. The first-order valence-corrected chi connectivity index (χ1v) is 9.63. The second-order valence-electron chi connectivity index (χ2n) is 6.59. The third-order valence-electron chi connectivity index (χ3n) is 4.54. The van der Waals surface area contributed by atoms with Gasteiger partial charge in [0.1, 0.15) is 0 Å². The monoisotopic (exact) mass is 388 g/mol. The van der Waals surface area contributed by atoms with E-state index in [0.717, 1.165) is 24.8 Å². The molecule has 0 aliphatic heterocycles. The highest BCUT2D eigenvalue weighted by molar-refractivity contribution is 5.87. The van der Waals surface area contributed by atoms with Gasteiger partial charge in [-0.1, -0.05) is 17.7 Å². The number of carbonyl (C=O) groups excluding carboxylic acids is 1. The molecule has 1 N–H and O–H groups in total. The predicted molar refractivity (Wildman–Crippen MR) is 106 cm³/mol. The van der Waals surface area contributed by atoms with Gasteiger partial charge < -0.3 is 19.3 Å². The number of hydrogen-bond acceptors (Lipinski definition) is 5. The lowest BCUT2D eigenvalue weighted by molar-refractivity contribution is -0.145. The van der Waals surface area contributed by atoms with E-state index in [1.807, 2.05) is 0 Å². The highest BCUT2D eigenvalue weighted by Gasteiger charge is 2.22. The van der Waals surface area contributed by atoms with Crippen LogP contribution in [0.4, 0.5) is 0 Å². The number of methoxy groups -OCH3 is 1. The van der Waals surface area contributed by atoms with Crippen LogP contribution in [0.5, 0.6) is 11.5 Å². The molecule has 1 aliphatic rings. The standard InChI is InChI=1S/C22H28O6/c1-3-27-21(23)14-11-17-10-12-18(20(15-17)26-2)28-19(22(24)25)13-9-16-7-5-4-6-8-16/h7,10-12,14-15,19H,3-6,8-9,13H2,1-2H3,(H,24,25). The zero-order valence-electron chi connectivity index (χ0n) is 16.5. The summed E-state index contributed by atoms with van der Waals surface area (Å²) < 4.78 is 15.9. The summed E-state index contributed by atoms with van der Waals surface area (Å²) in [6.45, 7) is 2.05. The van der Waals surface area contributed by atoms with Gasteiger partial charge in [0.05, 0.1) is 13.7 Å². The molecule has 1 aliphatic carbocycles. The van der Waals surface area contributed by atoms with Crippen molar-refractivity contribution >= 4 is 18.0 Å². The average Bonchev–Trinajstić information content (AvgIpc) is 2.70. The lowest BCUT2D eigenvalue weighted by Crippen LogP contribution is -2.27. The Balaban J connectivity index is 2.05. The van der Waals surface area contributed by atoms with E-state index in [1.54, 1.807) is 31.2 Å². The van der Waals surface area contributed by atoms with Crippen molar-refractivity contribution in [3.8, 4) is 11.5 Å². The molecule has 0 fully saturated rings. The Morgan fingerprint density at radius 1 is 1.25 bits per heavy atom. The molecule has 1 atom stereocenters. The lowest BCUT2D eigenvalue weighted by Gasteiger charge is -2.19. The fraction of sp³-hybridized carbons (Fsp3) is 0.455. The molecule has 1 aromatic rings. The molecule has 1 aromatic carbocycles. The summed E-state index contributed by atoms with van der Waals surface area (Å²) in [7, 11) is 1.49. The number of carboxylic acids is 1. The smallest absolute Gasteiger partial charge is 0.344 e. The third kappa shape index (κ3) is 6.76. The molecule has 0 amide bonds. The summed E-state index contributed by atoms with van der Waals surface area (Å²) in [6.07, 6.45) is 9.82. The first-order chi connectivity index (χ1) is 13.5. The van der Waals surface area contributed by atoms with Crippen LogP contribution in [0.2, 0.25) is 0 Å². The summed E-state index contributed by atoms with van der Waals surface area (Å²) in [5.74, 6) is -0.649. The van der Waals surface area contributed by atoms with E-state index in [1.165, 1.54) is 31.6 Å². The van der Waals surface area contributed by atoms with Crippen molar-refractivity contribution in [2.75, 3.05) is 13.7 Å². The number of rotatable bonds is 10. The maximum atomic E-state index is 11.6. The van der Waals surface area contributed by atoms with E-state index in [4.69, 9.17) is 14.2 Å². The minimum atomic E-state index is -0.996. The zero-order valence-corrected chi connectivity index (χ0v) is 16.5. The van der Waals surface area contributed by atoms with Crippen LogP contribution < -0.4 is 9.47 Å². The van der Waals surface area contributed by atoms with Crippen molar-refractivity contribution in [3.05, 3.63) is 41.5 Å². The van der Waals surface area contributed by atoms with Crippen molar-refractivity contribution in [2.45, 2.75) is 51.6 Å². The minimum Gasteiger partial charge on any atom is -0.493 e. The van der Waals surface area contributed by atoms with Gasteiger partial charge >= 0.3 is 11.9 Å². The highest BCUT2D eigenvalue weighted by Crippen LogP contribution is 2.31. The molecule has 0 aromatic heterocycles. The normalized spacial score (nSPS) is 15.0. The molecule has 0 bridgehead atoms. The minimum absolute atomic E-state index is 0.312. The van der Waals surface area contributed by atoms with E-state index < -0.39 is 18.0 Å². The Bertz CT molecular complexity index is 735. The van der Waals surface area contributed by atoms with Gasteiger partial charge in [0.15, 0.2) is 17.6 Å². The largest absolute Gasteiger partial charge is 0.493 e. The van der Waals surface area contributed by atoms with E-state index in [-0.39, 0.29) is 0 Å². The van der Waals surface area contributed by atoms with E-state index in [0.29, 0.717) is 24.5 Å². The molecule has 2 rings (SSSR count). The van der Waals surface area contributed by atoms with Crippen molar-refractivity contribution in [1.29, 1.82) is 0 Å². The van der Waals surface area contributed by atoms with Crippen LogP contribution in [-0.4, -0.2) is 36.9 Å². The first-order valence-electron chi connectivity index (χ1n) is 9.63. The number of ether oxygens (including phenoxy) is 3. The first kappa shape index (κ1) is 21.5. The van der Waals surface area contributed by atoms with Gasteiger partial charge in [-0.3, -0.25) is 0 Å². The lowest BCUT2D eigenvalue weighted by atomic mass is 9.95. The average molecular weight is 388 g/mol. The Morgan fingerprint density at radius 3 is 2.71 bits per heavy atom. The molecule has 6 heteroatoms. The van der Waals surface area contributed by atoms with Gasteiger partial charge in [-0.2, -0.15) is 0 Å². The maximum Gasteiger partial charge on any atom is 0.344 e. The quantitative estimate of drug-likeness (QED) is 0.364. The van der Waals surface area contributed by atoms with Gasteiger partial charge in [-0.15, -0.1) is 0 Å². The van der Waals surface area contributed by atoms with Crippen molar-refractivity contribution in [1.82, 2.24) is 0 Å². The van der Waals surface area contributed by atoms with Crippen molar-refractivity contribution in [3.63, 3.8) is 0 Å². The van der Waals surface area contributed by atoms with Gasteiger partial charge in [-0.05, 0) is 69.2 Å². The summed E-state index contributed by atoms with van der Waals surface area (Å²) in [4.78, 5) is 23.1. The van der Waals surface area contributed by atoms with E-state index in [2.05, 4.69) is 6.08 Å². The molecule has 6 nitrogen and oxygen atoms in total. The van der Waals surface area contributed by atoms with E-state index >= 15 is 0 Å². The van der Waals surface area contributed by atoms with Crippen LogP contribution in [0, 0.1) is 0 Å². The Hall–Kier alpha value is -2.76. The number of benzene rings is 1. The van der Waals surface area contributed by atoms with Crippen molar-refractivity contribution in [2.24, 2.45) is 0 Å². The molecular formula is C22H28O6. The van der Waals surface area contributed by atoms with Crippen LogP contribution in [0.1, 0.15) is 51.0 Å². The number of hydrogen-bond donors (Lipinski definition) is 1. The summed E-state index contributed by atoms with van der Waals surface area (Å²) >= 11 is 0. The topological polar surface area (TPSA) is 82.1 Å². The molecule has 0 heterocycles. The molecule has 0 saturated carbocycles. The number of carbonyl (C=O) groups is 2. The van der Waals surface area contributed by atoms with Crippen LogP contribution in [0.3, 0.4) is 0 Å². The van der Waals surface area contributed by atoms with Gasteiger partial charge in [0.25, 0.3) is 0 Å². The molecule has 28 heavy (non-hydrogen) atoms. The van der Waals surface area contributed by atoms with Crippen LogP contribution in [0.25, 0.3) is 6.08 Å². The third-order valence-corrected chi connectivity index (χ3v) is 4.54. The Labute approximate surface area is 165 Å². The summed E-state index contributed by atoms with van der Waals surface area (Å²) in [6, 6.07) is 5.07. The number of aliphatic carboxylic acids is 1. The fourth-order valence-electron chi connectivity index (χ4n) is 3.07. The van der Waals surface area contributed by atoms with Gasteiger partial charge in [-0.25, -0.2) is 9.59 Å². The molecular weight excluding hydrogens is 360 g/mol. The molecule has 0 spiro atoms. The van der Waals surface area contributed by atoms with Crippen LogP contribution in [0.15, 0.2) is 35.9 Å². The predicted octanol–water partition coefficient (Wildman–Crippen LogP) is 4.38. The molecule has 1 unspecified atom stereocenters. The molecule has 152 valence electrons. The number of carboxylic acid groups (broad SMARTS) is 1. The van der Waals surface area contributed by atoms with Crippen LogP contribution in [-0.2, 0) is 14.3 Å². The summed E-state index contributed by atoms with van der Waals surface area (Å²) in [5, 5.41) is 9.53. The Morgan fingerprint density at radius 2 is 2.07 bits per heavy atom. The second-order valence-corrected chi connectivity index (χ2v) is 6.59. The van der Waals surface area contributed by atoms with Gasteiger partial charge in [0.2, 0.25) is 0 Å². The number of allylic oxidation sites excluding steroid dienone is 2. The Kier molecular flexibility index (Phi) is 8.59. The maximum absolute atomic E-state index is 11.6. The van der Waals surface area contributed by atoms with Crippen LogP contribution >= 0.6 is 0 Å². The molecule has 0 saturated heterocycles. The van der Waals surface area contributed by atoms with Crippen molar-refractivity contribution < 1.29 is 28.9 Å². The fourth-order valence-corrected chi connectivity index (χ4v) is 3.07. The van der Waals surface area contributed by atoms with Gasteiger partial charge in [0, 0.05) is 6.08 Å². The summed E-state index contributed by atoms with van der Waals surface area (Å²) in [5.41, 5.74) is 2.03. The SMILES string of the molecule is CCOC(=O)C=Cc1ccc(OC(CCC2=CCCCC2)C(=O)O)c(OC)c1. The zero-order chi connectivity index (χ0) is 20.4. The molecule has 0 radical (unpaired) electrons. The second kappa shape index (κ2) is 11.2. The van der Waals surface area contributed by atoms with E-state index in [9.17, 15) is 14.7 Å².